The molecule has 0 fully saturated rings. The molecule has 4 nitrogen and oxygen atoms in total. The molecule has 56 valence electrons. The van der Waals surface area contributed by atoms with Crippen LogP contribution in [0.15, 0.2) is 6.20 Å². The molecule has 1 heterocycles. The summed E-state index contributed by atoms with van der Waals surface area (Å²) in [5.74, 6) is 0. The van der Waals surface area contributed by atoms with Crippen LogP contribution >= 0.6 is 11.3 Å². The van der Waals surface area contributed by atoms with Crippen molar-refractivity contribution in [2.24, 2.45) is 0 Å². The predicted octanol–water partition coefficient (Wildman–Crippen LogP) is 0.130. The van der Waals surface area contributed by atoms with Crippen molar-refractivity contribution >= 4 is 21.5 Å². The lowest BCUT2D eigenvalue weighted by molar-refractivity contribution is 0.311. The number of hydrogen-bond acceptors (Lipinski definition) is 5. The minimum absolute atomic E-state index is 0.111. The second kappa shape index (κ2) is 3.38. The highest BCUT2D eigenvalue weighted by molar-refractivity contribution is 7.19. The van der Waals surface area contributed by atoms with Crippen molar-refractivity contribution < 1.29 is 5.11 Å². The monoisotopic (exact) mass is 159 g/mol. The van der Waals surface area contributed by atoms with Gasteiger partial charge in [-0.25, -0.2) is 4.98 Å². The van der Waals surface area contributed by atoms with Crippen LogP contribution in [0.25, 0.3) is 0 Å². The Morgan fingerprint density at radius 3 is 3.10 bits per heavy atom. The molecule has 0 aliphatic carbocycles. The molecule has 1 aromatic heterocycles. The standard InChI is InChI=1S/C5H9N3OS/c6-4-3-8-5(10-4)7-1-2-9/h3,9H,1-2,6H2,(H,7,8). The number of nitrogens with zero attached hydrogens (tertiary/aromatic N) is 1. The molecule has 10 heavy (non-hydrogen) atoms. The van der Waals surface area contributed by atoms with Gasteiger partial charge in [0.05, 0.1) is 12.8 Å². The van der Waals surface area contributed by atoms with Crippen LogP contribution in [0.4, 0.5) is 10.1 Å². The Bertz CT molecular complexity index is 201. The molecular weight excluding hydrogens is 150 g/mol. The Morgan fingerprint density at radius 1 is 1.80 bits per heavy atom. The van der Waals surface area contributed by atoms with Crippen LogP contribution in [0.1, 0.15) is 0 Å². The third-order valence-corrected chi connectivity index (χ3v) is 1.70. The molecule has 0 unspecified atom stereocenters. The molecule has 0 amide bonds. The number of hydrogen-bond donors (Lipinski definition) is 3. The smallest absolute Gasteiger partial charge is 0.184 e. The van der Waals surface area contributed by atoms with Gasteiger partial charge in [-0.3, -0.25) is 0 Å². The molecule has 0 saturated carbocycles. The van der Waals surface area contributed by atoms with Gasteiger partial charge in [0, 0.05) is 6.54 Å². The summed E-state index contributed by atoms with van der Waals surface area (Å²) in [5, 5.41) is 12.7. The first-order valence-electron chi connectivity index (χ1n) is 2.89. The third kappa shape index (κ3) is 1.85. The van der Waals surface area contributed by atoms with E-state index in [-0.39, 0.29) is 6.61 Å². The van der Waals surface area contributed by atoms with E-state index in [0.717, 1.165) is 5.13 Å². The molecular formula is C5H9N3OS. The first-order valence-corrected chi connectivity index (χ1v) is 3.70. The topological polar surface area (TPSA) is 71.2 Å². The summed E-state index contributed by atoms with van der Waals surface area (Å²) in [7, 11) is 0. The molecule has 0 aromatic carbocycles. The maximum atomic E-state index is 8.42. The lowest BCUT2D eigenvalue weighted by atomic mass is 10.7. The van der Waals surface area contributed by atoms with Gasteiger partial charge in [0.15, 0.2) is 5.13 Å². The molecule has 1 rings (SSSR count). The zero-order chi connectivity index (χ0) is 7.40. The van der Waals surface area contributed by atoms with Crippen LogP contribution < -0.4 is 11.1 Å². The number of anilines is 2. The quantitative estimate of drug-likeness (QED) is 0.586. The molecule has 0 radical (unpaired) electrons. The molecule has 0 bridgehead atoms. The van der Waals surface area contributed by atoms with Crippen molar-refractivity contribution in [3.05, 3.63) is 6.20 Å². The first kappa shape index (κ1) is 7.30. The summed E-state index contributed by atoms with van der Waals surface area (Å²) >= 11 is 1.37. The second-order valence-electron chi connectivity index (χ2n) is 1.72. The number of nitrogens with two attached hydrogens (primary N) is 1. The summed E-state index contributed by atoms with van der Waals surface area (Å²) in [6.07, 6.45) is 1.59. The Hall–Kier alpha value is -0.810. The van der Waals surface area contributed by atoms with E-state index in [1.807, 2.05) is 0 Å². The van der Waals surface area contributed by atoms with Gasteiger partial charge in [-0.2, -0.15) is 0 Å². The number of aliphatic hydroxyl groups excluding tert-OH is 1. The van der Waals surface area contributed by atoms with E-state index in [2.05, 4.69) is 10.3 Å². The lowest BCUT2D eigenvalue weighted by Gasteiger charge is -1.95. The van der Waals surface area contributed by atoms with E-state index in [9.17, 15) is 0 Å². The van der Waals surface area contributed by atoms with Gasteiger partial charge in [0.2, 0.25) is 0 Å². The third-order valence-electron chi connectivity index (χ3n) is 0.912. The van der Waals surface area contributed by atoms with Crippen molar-refractivity contribution in [3.8, 4) is 0 Å². The Kier molecular flexibility index (Phi) is 2.47. The zero-order valence-corrected chi connectivity index (χ0v) is 6.19. The van der Waals surface area contributed by atoms with Crippen LogP contribution in [0, 0.1) is 0 Å². The van der Waals surface area contributed by atoms with Crippen LogP contribution in [0.2, 0.25) is 0 Å². The second-order valence-corrected chi connectivity index (χ2v) is 2.78. The highest BCUT2D eigenvalue weighted by Gasteiger charge is 1.94. The number of rotatable bonds is 3. The maximum Gasteiger partial charge on any atom is 0.184 e. The number of aromatic nitrogens is 1. The Balaban J connectivity index is 2.42. The number of nitrogen functional groups attached to an aromatic ring is 1. The number of thiazole rings is 1. The highest BCUT2D eigenvalue weighted by Crippen LogP contribution is 2.18. The van der Waals surface area contributed by atoms with Crippen molar-refractivity contribution in [1.29, 1.82) is 0 Å². The SMILES string of the molecule is Nc1cnc(NCCO)s1. The van der Waals surface area contributed by atoms with Gasteiger partial charge in [0.25, 0.3) is 0 Å². The van der Waals surface area contributed by atoms with E-state index in [4.69, 9.17) is 10.8 Å². The lowest BCUT2D eigenvalue weighted by Crippen LogP contribution is -2.04. The van der Waals surface area contributed by atoms with Gasteiger partial charge >= 0.3 is 0 Å². The molecule has 1 aromatic rings. The van der Waals surface area contributed by atoms with Gasteiger partial charge in [0.1, 0.15) is 5.00 Å². The maximum absolute atomic E-state index is 8.42. The summed E-state index contributed by atoms with van der Waals surface area (Å²) in [6, 6.07) is 0. The van der Waals surface area contributed by atoms with Crippen molar-refractivity contribution in [1.82, 2.24) is 4.98 Å². The predicted molar refractivity (Wildman–Crippen MR) is 42.1 cm³/mol. The molecule has 0 aliphatic heterocycles. The van der Waals surface area contributed by atoms with E-state index in [0.29, 0.717) is 11.5 Å². The molecule has 0 atom stereocenters. The van der Waals surface area contributed by atoms with Gasteiger partial charge in [-0.1, -0.05) is 11.3 Å². The Labute approximate surface area is 62.7 Å². The molecule has 0 aliphatic rings. The Morgan fingerprint density at radius 2 is 2.60 bits per heavy atom. The van der Waals surface area contributed by atoms with Crippen LogP contribution in [0.5, 0.6) is 0 Å². The number of aliphatic hydroxyl groups is 1. The largest absolute Gasteiger partial charge is 0.395 e. The summed E-state index contributed by atoms with van der Waals surface area (Å²) in [6.45, 7) is 0.631. The van der Waals surface area contributed by atoms with Crippen LogP contribution in [0.3, 0.4) is 0 Å². The fraction of sp³-hybridized carbons (Fsp3) is 0.400. The van der Waals surface area contributed by atoms with E-state index < -0.39 is 0 Å². The van der Waals surface area contributed by atoms with Crippen LogP contribution in [-0.4, -0.2) is 23.2 Å². The molecule has 4 N–H and O–H groups in total. The van der Waals surface area contributed by atoms with Crippen molar-refractivity contribution in [2.45, 2.75) is 0 Å². The molecule has 5 heteroatoms. The van der Waals surface area contributed by atoms with Crippen LogP contribution in [-0.2, 0) is 0 Å². The molecule has 0 saturated heterocycles. The van der Waals surface area contributed by atoms with E-state index >= 15 is 0 Å². The fourth-order valence-electron chi connectivity index (χ4n) is 0.531. The normalized spacial score (nSPS) is 9.70. The highest BCUT2D eigenvalue weighted by atomic mass is 32.1. The summed E-state index contributed by atoms with van der Waals surface area (Å²) < 4.78 is 0. The average Bonchev–Trinajstić information content (AvgIpc) is 2.31. The van der Waals surface area contributed by atoms with E-state index in [1.165, 1.54) is 11.3 Å². The number of nitrogens with one attached hydrogen (secondary N) is 1. The minimum Gasteiger partial charge on any atom is -0.395 e. The van der Waals surface area contributed by atoms with Gasteiger partial charge < -0.3 is 16.2 Å². The fourth-order valence-corrected chi connectivity index (χ4v) is 1.14. The molecule has 0 spiro atoms. The average molecular weight is 159 g/mol. The summed E-state index contributed by atoms with van der Waals surface area (Å²) in [4.78, 5) is 3.92. The van der Waals surface area contributed by atoms with Crippen molar-refractivity contribution in [2.75, 3.05) is 24.2 Å². The minimum atomic E-state index is 0.111. The summed E-state index contributed by atoms with van der Waals surface area (Å²) in [5.41, 5.74) is 5.40. The van der Waals surface area contributed by atoms with E-state index in [1.54, 1.807) is 6.20 Å². The van der Waals surface area contributed by atoms with Crippen molar-refractivity contribution in [3.63, 3.8) is 0 Å². The van der Waals surface area contributed by atoms with Gasteiger partial charge in [-0.15, -0.1) is 0 Å². The first-order chi connectivity index (χ1) is 4.83. The zero-order valence-electron chi connectivity index (χ0n) is 5.37. The van der Waals surface area contributed by atoms with Gasteiger partial charge in [-0.05, 0) is 0 Å².